The highest BCUT2D eigenvalue weighted by Gasteiger charge is 2.40. The predicted octanol–water partition coefficient (Wildman–Crippen LogP) is 6.65. The number of non-ortho nitro benzene ring substituents is 1. The van der Waals surface area contributed by atoms with Crippen molar-refractivity contribution in [3.63, 3.8) is 0 Å². The first-order chi connectivity index (χ1) is 17.6. The molecule has 0 amide bonds. The lowest BCUT2D eigenvalue weighted by atomic mass is 9.78. The molecule has 2 atom stereocenters. The SMILES string of the molecule is O=c1sc2ccccc2c2c1C=C1[C@@H](Oc3ccc4ccccc4c3[C@@H]1c1cccc([N+](=O)[O-])c1)O2. The Morgan fingerprint density at radius 3 is 2.53 bits per heavy atom. The number of nitrogens with zero attached hydrogens (tertiary/aromatic N) is 1. The third-order valence-electron chi connectivity index (χ3n) is 6.81. The van der Waals surface area contributed by atoms with E-state index in [0.717, 1.165) is 37.6 Å². The van der Waals surface area contributed by atoms with Crippen molar-refractivity contribution < 1.29 is 14.4 Å². The van der Waals surface area contributed by atoms with Crippen LogP contribution in [0.5, 0.6) is 11.5 Å². The van der Waals surface area contributed by atoms with E-state index in [1.165, 1.54) is 17.4 Å². The summed E-state index contributed by atoms with van der Waals surface area (Å²) < 4.78 is 13.5. The van der Waals surface area contributed by atoms with Crippen LogP contribution in [0.4, 0.5) is 5.69 Å². The standard InChI is InChI=1S/C29H17NO5S/c31-28-22-15-21-25(17-7-5-8-18(14-17)30(32)33)26-19-9-2-1-6-16(19)12-13-23(26)34-29(21)35-27(22)20-10-3-4-11-24(20)36-28/h1-15,25,29H/t25-,29+/m1/s1. The van der Waals surface area contributed by atoms with E-state index in [9.17, 15) is 14.9 Å². The number of fused-ring (bicyclic) bond motifs is 7. The smallest absolute Gasteiger partial charge is 0.269 e. The van der Waals surface area contributed by atoms with Crippen molar-refractivity contribution in [2.75, 3.05) is 0 Å². The first-order valence-corrected chi connectivity index (χ1v) is 12.3. The first kappa shape index (κ1) is 20.8. The van der Waals surface area contributed by atoms with E-state index in [-0.39, 0.29) is 10.4 Å². The molecule has 0 fully saturated rings. The third kappa shape index (κ3) is 3.06. The Kier molecular flexibility index (Phi) is 4.49. The predicted molar refractivity (Wildman–Crippen MR) is 140 cm³/mol. The lowest BCUT2D eigenvalue weighted by molar-refractivity contribution is -0.384. The van der Waals surface area contributed by atoms with Gasteiger partial charge in [-0.2, -0.15) is 0 Å². The van der Waals surface area contributed by atoms with Gasteiger partial charge in [0.25, 0.3) is 12.0 Å². The molecule has 174 valence electrons. The maximum Gasteiger partial charge on any atom is 0.269 e. The van der Waals surface area contributed by atoms with Crippen LogP contribution in [-0.4, -0.2) is 11.2 Å². The minimum atomic E-state index is -0.773. The molecule has 0 aliphatic carbocycles. The molecule has 7 heteroatoms. The summed E-state index contributed by atoms with van der Waals surface area (Å²) in [5, 5.41) is 14.5. The summed E-state index contributed by atoms with van der Waals surface area (Å²) in [6, 6.07) is 26.2. The van der Waals surface area contributed by atoms with E-state index in [1.807, 2.05) is 72.8 Å². The van der Waals surface area contributed by atoms with E-state index >= 15 is 0 Å². The minimum Gasteiger partial charge on any atom is -0.450 e. The molecule has 0 radical (unpaired) electrons. The Balaban J connectivity index is 1.54. The van der Waals surface area contributed by atoms with Crippen LogP contribution >= 0.6 is 11.3 Å². The number of nitro benzene ring substituents is 1. The number of hydrogen-bond donors (Lipinski definition) is 0. The van der Waals surface area contributed by atoms with Crippen molar-refractivity contribution in [1.82, 2.24) is 0 Å². The van der Waals surface area contributed by atoms with Crippen molar-refractivity contribution in [3.05, 3.63) is 127 Å². The van der Waals surface area contributed by atoms with Gasteiger partial charge in [-0.3, -0.25) is 14.9 Å². The molecule has 1 aromatic heterocycles. The lowest BCUT2D eigenvalue weighted by Crippen LogP contribution is -2.36. The minimum absolute atomic E-state index is 0.00721. The molecule has 0 bridgehead atoms. The summed E-state index contributed by atoms with van der Waals surface area (Å²) in [7, 11) is 0. The van der Waals surface area contributed by atoms with Gasteiger partial charge < -0.3 is 9.47 Å². The fraction of sp³-hybridized carbons (Fsp3) is 0.0690. The van der Waals surface area contributed by atoms with Gasteiger partial charge in [-0.25, -0.2) is 0 Å². The number of ether oxygens (including phenoxy) is 2. The van der Waals surface area contributed by atoms with Crippen LogP contribution in [0, 0.1) is 10.1 Å². The summed E-state index contributed by atoms with van der Waals surface area (Å²) in [5.74, 6) is 0.764. The molecule has 2 aliphatic rings. The summed E-state index contributed by atoms with van der Waals surface area (Å²) in [6.45, 7) is 0. The van der Waals surface area contributed by atoms with Gasteiger partial charge in [0.15, 0.2) is 0 Å². The Labute approximate surface area is 208 Å². The van der Waals surface area contributed by atoms with Crippen LogP contribution in [-0.2, 0) is 0 Å². The van der Waals surface area contributed by atoms with Gasteiger partial charge in [0.05, 0.1) is 10.5 Å². The van der Waals surface area contributed by atoms with Crippen LogP contribution in [0.25, 0.3) is 26.9 Å². The summed E-state index contributed by atoms with van der Waals surface area (Å²) in [5.41, 5.74) is 2.87. The quantitative estimate of drug-likeness (QED) is 0.204. The van der Waals surface area contributed by atoms with Crippen molar-refractivity contribution in [2.45, 2.75) is 12.2 Å². The Morgan fingerprint density at radius 2 is 1.67 bits per heavy atom. The molecule has 7 rings (SSSR count). The zero-order valence-corrected chi connectivity index (χ0v) is 19.5. The molecule has 0 saturated carbocycles. The zero-order valence-electron chi connectivity index (χ0n) is 18.7. The monoisotopic (exact) mass is 491 g/mol. The van der Waals surface area contributed by atoms with Gasteiger partial charge in [-0.15, -0.1) is 0 Å². The number of nitro groups is 1. The van der Waals surface area contributed by atoms with E-state index < -0.39 is 17.1 Å². The Morgan fingerprint density at radius 1 is 0.861 bits per heavy atom. The van der Waals surface area contributed by atoms with Gasteiger partial charge in [0, 0.05) is 39.3 Å². The molecule has 6 nitrogen and oxygen atoms in total. The second-order valence-electron chi connectivity index (χ2n) is 8.82. The summed E-state index contributed by atoms with van der Waals surface area (Å²) in [4.78, 5) is 24.4. The fourth-order valence-corrected chi connectivity index (χ4v) is 6.12. The van der Waals surface area contributed by atoms with Crippen molar-refractivity contribution >= 4 is 44.0 Å². The van der Waals surface area contributed by atoms with Gasteiger partial charge in [0.1, 0.15) is 11.5 Å². The molecule has 5 aromatic rings. The van der Waals surface area contributed by atoms with Crippen molar-refractivity contribution in [1.29, 1.82) is 0 Å². The van der Waals surface area contributed by atoms with Gasteiger partial charge in [-0.05, 0) is 40.6 Å². The van der Waals surface area contributed by atoms with Gasteiger partial charge in [-0.1, -0.05) is 65.9 Å². The van der Waals surface area contributed by atoms with Crippen LogP contribution < -0.4 is 14.2 Å². The summed E-state index contributed by atoms with van der Waals surface area (Å²) in [6.07, 6.45) is 1.09. The highest BCUT2D eigenvalue weighted by molar-refractivity contribution is 7.16. The number of hydrogen-bond acceptors (Lipinski definition) is 6. The average Bonchev–Trinajstić information content (AvgIpc) is 2.91. The van der Waals surface area contributed by atoms with Crippen LogP contribution in [0.15, 0.2) is 95.3 Å². The largest absolute Gasteiger partial charge is 0.450 e. The van der Waals surface area contributed by atoms with Crippen LogP contribution in [0.1, 0.15) is 22.6 Å². The molecular formula is C29H17NO5S. The molecule has 0 saturated heterocycles. The van der Waals surface area contributed by atoms with Crippen molar-refractivity contribution in [3.8, 4) is 11.5 Å². The zero-order chi connectivity index (χ0) is 24.4. The first-order valence-electron chi connectivity index (χ1n) is 11.4. The highest BCUT2D eigenvalue weighted by Crippen LogP contribution is 2.50. The maximum absolute atomic E-state index is 13.2. The summed E-state index contributed by atoms with van der Waals surface area (Å²) >= 11 is 1.18. The maximum atomic E-state index is 13.2. The van der Waals surface area contributed by atoms with Gasteiger partial charge in [0.2, 0.25) is 4.74 Å². The van der Waals surface area contributed by atoms with Crippen LogP contribution in [0.2, 0.25) is 0 Å². The highest BCUT2D eigenvalue weighted by atomic mass is 32.1. The topological polar surface area (TPSA) is 78.7 Å². The van der Waals surface area contributed by atoms with Crippen molar-refractivity contribution in [2.24, 2.45) is 0 Å². The Hall–Kier alpha value is -4.49. The second-order valence-corrected chi connectivity index (χ2v) is 9.84. The Bertz CT molecular complexity index is 1820. The molecule has 3 heterocycles. The number of rotatable bonds is 2. The molecule has 4 aromatic carbocycles. The second kappa shape index (κ2) is 7.76. The number of benzene rings is 4. The molecule has 0 unspecified atom stereocenters. The molecule has 0 spiro atoms. The van der Waals surface area contributed by atoms with E-state index in [4.69, 9.17) is 9.47 Å². The lowest BCUT2D eigenvalue weighted by Gasteiger charge is -2.38. The van der Waals surface area contributed by atoms with Gasteiger partial charge >= 0.3 is 0 Å². The third-order valence-corrected chi connectivity index (χ3v) is 7.79. The molecular weight excluding hydrogens is 474 g/mol. The molecule has 0 N–H and O–H groups in total. The molecule has 36 heavy (non-hydrogen) atoms. The molecule has 2 aliphatic heterocycles. The average molecular weight is 492 g/mol. The van der Waals surface area contributed by atoms with E-state index in [1.54, 1.807) is 12.1 Å². The fourth-order valence-electron chi connectivity index (χ4n) is 5.24. The van der Waals surface area contributed by atoms with Crippen LogP contribution in [0.3, 0.4) is 0 Å². The van der Waals surface area contributed by atoms with E-state index in [0.29, 0.717) is 17.1 Å². The van der Waals surface area contributed by atoms with E-state index in [2.05, 4.69) is 0 Å². The normalized spacial score (nSPS) is 17.8.